The Bertz CT molecular complexity index is 795. The lowest BCUT2D eigenvalue weighted by molar-refractivity contribution is 0.419. The van der Waals surface area contributed by atoms with Crippen LogP contribution in [0.15, 0.2) is 47.9 Å². The molecule has 5 nitrogen and oxygen atoms in total. The molecule has 1 fully saturated rings. The lowest BCUT2D eigenvalue weighted by Gasteiger charge is -2.28. The summed E-state index contributed by atoms with van der Waals surface area (Å²) in [4.78, 5) is 8.47. The van der Waals surface area contributed by atoms with Crippen LogP contribution in [0.2, 0.25) is 5.02 Å². The third-order valence-corrected chi connectivity index (χ3v) is 6.95. The second-order valence-electron chi connectivity index (χ2n) is 6.13. The molecule has 1 N–H and O–H groups in total. The highest BCUT2D eigenvalue weighted by molar-refractivity contribution is 7.99. The summed E-state index contributed by atoms with van der Waals surface area (Å²) >= 11 is 7.60. The van der Waals surface area contributed by atoms with Crippen molar-refractivity contribution in [2.24, 2.45) is 0 Å². The van der Waals surface area contributed by atoms with Gasteiger partial charge in [-0.15, -0.1) is 0 Å². The van der Waals surface area contributed by atoms with Gasteiger partial charge in [0.15, 0.2) is 5.16 Å². The fourth-order valence-corrected chi connectivity index (χ4v) is 5.64. The molecule has 0 spiro atoms. The first-order valence-corrected chi connectivity index (χ1v) is 11.1. The molecule has 0 aliphatic heterocycles. The number of hydrogen-bond donors (Lipinski definition) is 1. The second kappa shape index (κ2) is 8.49. The molecule has 1 aliphatic carbocycles. The van der Waals surface area contributed by atoms with Gasteiger partial charge in [-0.1, -0.05) is 35.5 Å². The number of hydrogen-bond acceptors (Lipinski definition) is 5. The summed E-state index contributed by atoms with van der Waals surface area (Å²) in [6.07, 6.45) is 7.05. The van der Waals surface area contributed by atoms with Crippen LogP contribution in [0.25, 0.3) is 0 Å². The van der Waals surface area contributed by atoms with Crippen LogP contribution in [-0.2, 0) is 15.8 Å². The molecule has 0 bridgehead atoms. The van der Waals surface area contributed by atoms with Crippen molar-refractivity contribution in [1.29, 1.82) is 0 Å². The molecule has 1 heterocycles. The summed E-state index contributed by atoms with van der Waals surface area (Å²) in [5.41, 5.74) is 0.700. The molecule has 0 saturated heterocycles. The van der Waals surface area contributed by atoms with Gasteiger partial charge in [0.2, 0.25) is 10.0 Å². The standard InChI is InChI=1S/C17H20ClN3O2S2/c18-14-4-1-3-13(11-14)12-25(22,23)21-15-5-7-16(8-6-15)24-17-19-9-2-10-20-17/h1-4,9-11,15-16,21H,5-8,12H2. The summed E-state index contributed by atoms with van der Waals surface area (Å²) in [7, 11) is -3.37. The molecule has 134 valence electrons. The van der Waals surface area contributed by atoms with Gasteiger partial charge in [-0.25, -0.2) is 23.1 Å². The molecule has 0 unspecified atom stereocenters. The van der Waals surface area contributed by atoms with E-state index in [9.17, 15) is 8.42 Å². The molecule has 2 aromatic rings. The quantitative estimate of drug-likeness (QED) is 0.753. The van der Waals surface area contributed by atoms with Crippen LogP contribution in [0.3, 0.4) is 0 Å². The maximum atomic E-state index is 12.4. The van der Waals surface area contributed by atoms with Crippen molar-refractivity contribution in [2.45, 2.75) is 47.9 Å². The number of halogens is 1. The van der Waals surface area contributed by atoms with Gasteiger partial charge >= 0.3 is 0 Å². The maximum absolute atomic E-state index is 12.4. The van der Waals surface area contributed by atoms with Gasteiger partial charge in [0, 0.05) is 28.7 Å². The van der Waals surface area contributed by atoms with Crippen molar-refractivity contribution >= 4 is 33.4 Å². The predicted octanol–water partition coefficient (Wildman–Crippen LogP) is 3.65. The highest BCUT2D eigenvalue weighted by Gasteiger charge is 2.26. The molecular weight excluding hydrogens is 378 g/mol. The lowest BCUT2D eigenvalue weighted by atomic mass is 9.96. The summed E-state index contributed by atoms with van der Waals surface area (Å²) in [5.74, 6) is -0.0416. The molecule has 1 aromatic heterocycles. The Balaban J connectivity index is 1.49. The van der Waals surface area contributed by atoms with E-state index in [1.807, 2.05) is 0 Å². The lowest BCUT2D eigenvalue weighted by Crippen LogP contribution is -2.38. The van der Waals surface area contributed by atoms with Crippen LogP contribution >= 0.6 is 23.4 Å². The SMILES string of the molecule is O=S(=O)(Cc1cccc(Cl)c1)NC1CCC(Sc2ncccn2)CC1. The van der Waals surface area contributed by atoms with E-state index in [0.717, 1.165) is 30.8 Å². The Morgan fingerprint density at radius 2 is 1.84 bits per heavy atom. The van der Waals surface area contributed by atoms with E-state index in [1.165, 1.54) is 0 Å². The van der Waals surface area contributed by atoms with Crippen LogP contribution in [0.1, 0.15) is 31.2 Å². The minimum Gasteiger partial charge on any atom is -0.231 e. The zero-order valence-corrected chi connectivity index (χ0v) is 16.0. The van der Waals surface area contributed by atoms with E-state index in [-0.39, 0.29) is 11.8 Å². The van der Waals surface area contributed by atoms with Crippen molar-refractivity contribution in [3.05, 3.63) is 53.3 Å². The number of sulfonamides is 1. The van der Waals surface area contributed by atoms with Gasteiger partial charge in [-0.3, -0.25) is 0 Å². The highest BCUT2D eigenvalue weighted by Crippen LogP contribution is 2.32. The molecule has 0 atom stereocenters. The number of thioether (sulfide) groups is 1. The van der Waals surface area contributed by atoms with Crippen molar-refractivity contribution in [3.63, 3.8) is 0 Å². The van der Waals surface area contributed by atoms with Gasteiger partial charge < -0.3 is 0 Å². The fourth-order valence-electron chi connectivity index (χ4n) is 2.94. The van der Waals surface area contributed by atoms with E-state index in [2.05, 4.69) is 14.7 Å². The first kappa shape index (κ1) is 18.6. The Morgan fingerprint density at radius 3 is 2.52 bits per heavy atom. The number of rotatable bonds is 6. The van der Waals surface area contributed by atoms with Crippen molar-refractivity contribution < 1.29 is 8.42 Å². The molecule has 25 heavy (non-hydrogen) atoms. The normalized spacial score (nSPS) is 21.2. The third kappa shape index (κ3) is 5.95. The molecule has 1 aromatic carbocycles. The van der Waals surface area contributed by atoms with Crippen LogP contribution in [0, 0.1) is 0 Å². The van der Waals surface area contributed by atoms with Gasteiger partial charge in [-0.05, 0) is 49.4 Å². The second-order valence-corrected chi connectivity index (χ2v) is 9.59. The van der Waals surface area contributed by atoms with E-state index in [0.29, 0.717) is 15.8 Å². The van der Waals surface area contributed by atoms with Gasteiger partial charge in [0.1, 0.15) is 0 Å². The average Bonchev–Trinajstić information content (AvgIpc) is 2.57. The van der Waals surface area contributed by atoms with Gasteiger partial charge in [0.25, 0.3) is 0 Å². The Morgan fingerprint density at radius 1 is 1.12 bits per heavy atom. The van der Waals surface area contributed by atoms with Crippen LogP contribution < -0.4 is 4.72 Å². The number of nitrogens with one attached hydrogen (secondary N) is 1. The summed E-state index contributed by atoms with van der Waals surface area (Å²) in [5, 5.41) is 1.77. The molecule has 0 amide bonds. The van der Waals surface area contributed by atoms with Gasteiger partial charge in [-0.2, -0.15) is 0 Å². The molecular formula is C17H20ClN3O2S2. The highest BCUT2D eigenvalue weighted by atomic mass is 35.5. The van der Waals surface area contributed by atoms with E-state index < -0.39 is 10.0 Å². The fraction of sp³-hybridized carbons (Fsp3) is 0.412. The van der Waals surface area contributed by atoms with E-state index >= 15 is 0 Å². The number of aromatic nitrogens is 2. The molecule has 1 saturated carbocycles. The molecule has 8 heteroatoms. The van der Waals surface area contributed by atoms with Crippen molar-refractivity contribution in [1.82, 2.24) is 14.7 Å². The Labute approximate surface area is 157 Å². The smallest absolute Gasteiger partial charge is 0.216 e. The third-order valence-electron chi connectivity index (χ3n) is 4.08. The zero-order valence-electron chi connectivity index (χ0n) is 13.6. The monoisotopic (exact) mass is 397 g/mol. The first-order valence-electron chi connectivity index (χ1n) is 8.18. The van der Waals surface area contributed by atoms with Gasteiger partial charge in [0.05, 0.1) is 5.75 Å². The van der Waals surface area contributed by atoms with E-state index in [1.54, 1.807) is 54.5 Å². The van der Waals surface area contributed by atoms with Crippen LogP contribution in [0.4, 0.5) is 0 Å². The summed E-state index contributed by atoms with van der Waals surface area (Å²) in [6.45, 7) is 0. The molecule has 0 radical (unpaired) electrons. The Hall–Kier alpha value is -1.15. The van der Waals surface area contributed by atoms with Crippen molar-refractivity contribution in [2.75, 3.05) is 0 Å². The predicted molar refractivity (Wildman–Crippen MR) is 101 cm³/mol. The number of nitrogens with zero attached hydrogens (tertiary/aromatic N) is 2. The van der Waals surface area contributed by atoms with Crippen LogP contribution in [-0.4, -0.2) is 29.7 Å². The topological polar surface area (TPSA) is 72.0 Å². The van der Waals surface area contributed by atoms with Crippen LogP contribution in [0.5, 0.6) is 0 Å². The first-order chi connectivity index (χ1) is 12.0. The largest absolute Gasteiger partial charge is 0.231 e. The minimum atomic E-state index is -3.37. The summed E-state index contributed by atoms with van der Waals surface area (Å²) < 4.78 is 27.6. The minimum absolute atomic E-state index is 0.00211. The molecule has 1 aliphatic rings. The van der Waals surface area contributed by atoms with Crippen molar-refractivity contribution in [3.8, 4) is 0 Å². The maximum Gasteiger partial charge on any atom is 0.216 e. The van der Waals surface area contributed by atoms with E-state index in [4.69, 9.17) is 11.6 Å². The average molecular weight is 398 g/mol. The number of benzene rings is 1. The zero-order chi connectivity index (χ0) is 17.7. The summed E-state index contributed by atoms with van der Waals surface area (Å²) in [6, 6.07) is 8.77. The Kier molecular flexibility index (Phi) is 6.33. The molecule has 3 rings (SSSR count).